The van der Waals surface area contributed by atoms with Crippen molar-refractivity contribution in [1.29, 1.82) is 0 Å². The topological polar surface area (TPSA) is 355 Å². The molecule has 0 spiro atoms. The summed E-state index contributed by atoms with van der Waals surface area (Å²) in [6.45, 7) is 10.3. The number of rotatable bonds is 22. The molecular formula is C63H73F4N9O15S3. The lowest BCUT2D eigenvalue weighted by molar-refractivity contribution is -0.219. The Hall–Kier alpha value is -8.03. The molecule has 0 radical (unpaired) electrons. The number of benzene rings is 2. The number of esters is 1. The van der Waals surface area contributed by atoms with Crippen molar-refractivity contribution in [2.24, 2.45) is 28.6 Å². The van der Waals surface area contributed by atoms with Gasteiger partial charge < -0.3 is 41.2 Å². The van der Waals surface area contributed by atoms with Gasteiger partial charge in [-0.05, 0) is 161 Å². The molecule has 8 rings (SSSR count). The Morgan fingerprint density at radius 3 is 1.99 bits per heavy atom. The number of fused-ring (bicyclic) bond motifs is 5. The number of ketones is 1. The predicted molar refractivity (Wildman–Crippen MR) is 334 cm³/mol. The van der Waals surface area contributed by atoms with Crippen molar-refractivity contribution in [2.45, 2.75) is 145 Å². The molecule has 5 amide bonds. The van der Waals surface area contributed by atoms with Crippen LogP contribution < -0.4 is 26.6 Å². The predicted octanol–water partition coefficient (Wildman–Crippen LogP) is 6.64. The number of hydrogen-bond donors (Lipinski definition) is 6. The molecule has 4 aliphatic rings. The maximum atomic E-state index is 17.9. The third-order valence-corrected chi connectivity index (χ3v) is 20.1. The number of aromatic nitrogens is 4. The first-order valence-corrected chi connectivity index (χ1v) is 34.7. The van der Waals surface area contributed by atoms with Gasteiger partial charge in [-0.3, -0.25) is 28.8 Å². The number of sulfone groups is 2. The van der Waals surface area contributed by atoms with Gasteiger partial charge in [-0.1, -0.05) is 26.8 Å². The van der Waals surface area contributed by atoms with Gasteiger partial charge >= 0.3 is 12.1 Å². The highest BCUT2D eigenvalue weighted by Gasteiger charge is 2.76. The third kappa shape index (κ3) is 15.1. The van der Waals surface area contributed by atoms with Crippen LogP contribution in [0.2, 0.25) is 0 Å². The van der Waals surface area contributed by atoms with Crippen LogP contribution in [0.3, 0.4) is 0 Å². The Bertz CT molecular complexity index is 3880. The highest BCUT2D eigenvalue weighted by atomic mass is 32.2. The number of aliphatic hydroxyl groups is 1. The number of alkyl halides is 3. The van der Waals surface area contributed by atoms with Crippen LogP contribution in [-0.2, 0) is 53.1 Å². The van der Waals surface area contributed by atoms with Crippen LogP contribution >= 0.6 is 11.8 Å². The summed E-state index contributed by atoms with van der Waals surface area (Å²) in [5.74, 6) is -9.49. The van der Waals surface area contributed by atoms with Crippen LogP contribution in [0.4, 0.5) is 28.0 Å². The van der Waals surface area contributed by atoms with Gasteiger partial charge in [0.15, 0.2) is 17.1 Å². The van der Waals surface area contributed by atoms with Crippen LogP contribution in [0.1, 0.15) is 114 Å². The monoisotopic (exact) mass is 1370 g/mol. The van der Waals surface area contributed by atoms with Crippen molar-refractivity contribution < 1.29 is 87.3 Å². The summed E-state index contributed by atoms with van der Waals surface area (Å²) in [5, 5.41) is 22.6. The Kier molecular flexibility index (Phi) is 21.2. The molecular weight excluding hydrogens is 1290 g/mol. The van der Waals surface area contributed by atoms with Crippen molar-refractivity contribution in [3.63, 3.8) is 0 Å². The lowest BCUT2D eigenvalue weighted by Crippen LogP contribution is -2.70. The van der Waals surface area contributed by atoms with E-state index in [0.717, 1.165) is 42.9 Å². The molecule has 2 aromatic carbocycles. The molecule has 506 valence electrons. The van der Waals surface area contributed by atoms with E-state index >= 15 is 13.2 Å². The van der Waals surface area contributed by atoms with Crippen molar-refractivity contribution in [1.82, 2.24) is 41.2 Å². The number of amides is 5. The number of ether oxygens (including phenoxy) is 2. The van der Waals surface area contributed by atoms with Crippen LogP contribution in [-0.4, -0.2) is 161 Å². The number of hydrogen-bond acceptors (Lipinski definition) is 20. The first-order chi connectivity index (χ1) is 43.8. The molecule has 24 nitrogen and oxygen atoms in total. The number of halogens is 4. The van der Waals surface area contributed by atoms with E-state index in [0.29, 0.717) is 0 Å². The van der Waals surface area contributed by atoms with Gasteiger partial charge in [-0.25, -0.2) is 63.9 Å². The number of thioether (sulfide) groups is 1. The minimum Gasteiger partial charge on any atom is -0.446 e. The lowest BCUT2D eigenvalue weighted by Gasteiger charge is -2.63. The van der Waals surface area contributed by atoms with Crippen LogP contribution in [0.25, 0.3) is 22.3 Å². The highest BCUT2D eigenvalue weighted by Crippen LogP contribution is 2.71. The van der Waals surface area contributed by atoms with Gasteiger partial charge in [0.25, 0.3) is 5.91 Å². The molecule has 0 bridgehead atoms. The molecule has 0 aliphatic heterocycles. The molecule has 31 heteroatoms. The van der Waals surface area contributed by atoms with Gasteiger partial charge in [0, 0.05) is 77.3 Å². The number of anilines is 1. The van der Waals surface area contributed by atoms with Gasteiger partial charge in [-0.2, -0.15) is 0 Å². The molecule has 4 aromatic rings. The fourth-order valence-electron chi connectivity index (χ4n) is 13.0. The maximum absolute atomic E-state index is 17.9. The molecule has 4 aliphatic carbocycles. The van der Waals surface area contributed by atoms with E-state index in [1.807, 2.05) is 0 Å². The van der Waals surface area contributed by atoms with E-state index in [9.17, 15) is 64.7 Å². The smallest absolute Gasteiger partial charge is 0.407 e. The number of nitrogens with one attached hydrogen (secondary N) is 5. The van der Waals surface area contributed by atoms with Gasteiger partial charge in [-0.15, -0.1) is 0 Å². The number of aliphatic hydroxyl groups excluding tert-OH is 1. The Labute approximate surface area is 544 Å². The molecule has 2 heterocycles. The zero-order valence-corrected chi connectivity index (χ0v) is 55.3. The lowest BCUT2D eigenvalue weighted by atomic mass is 9.44. The first-order valence-electron chi connectivity index (χ1n) is 29.9. The molecule has 6 N–H and O–H groups in total. The molecule has 10 atom stereocenters. The number of allylic oxidation sites excluding steroid dienone is 4. The van der Waals surface area contributed by atoms with E-state index in [-0.39, 0.29) is 83.8 Å². The van der Waals surface area contributed by atoms with E-state index < -0.39 is 189 Å². The molecule has 0 unspecified atom stereocenters. The summed E-state index contributed by atoms with van der Waals surface area (Å²) in [6, 6.07) is 2.91. The van der Waals surface area contributed by atoms with Crippen molar-refractivity contribution >= 4 is 83.7 Å². The SMILES string of the molecule is CC(C)[C@H](NC(=O)c1cc(-c2cnc(S(C)(=O)=O)nc2)cc(-c2cnc(S(C)(=O)=O)nc2)c1)C(=O)N[C@@H](CCCCNC(=O)OC(C)(C)C)C(=O)NCC(=O)Nc1cc(C(=O)O[C@]2(C(=O)SCF)CC[C@H]3[C@@H]4C[C@H](F)C5=CC(=O)C=C[C@]5(C)[C@@]4(F)[C@@H](O)C[C@@]32C)ccc1F. The second-order valence-corrected chi connectivity index (χ2v) is 30.3. The van der Waals surface area contributed by atoms with Crippen LogP contribution in [0, 0.1) is 34.4 Å². The van der Waals surface area contributed by atoms with Crippen LogP contribution in [0.15, 0.2) is 95.3 Å². The number of unbranched alkanes of at least 4 members (excludes halogenated alkanes) is 1. The number of carbonyl (C=O) groups is 8. The van der Waals surface area contributed by atoms with Crippen molar-refractivity contribution in [3.8, 4) is 22.3 Å². The maximum Gasteiger partial charge on any atom is 0.407 e. The van der Waals surface area contributed by atoms with E-state index in [1.165, 1.54) is 56.8 Å². The largest absolute Gasteiger partial charge is 0.446 e. The quantitative estimate of drug-likeness (QED) is 0.0208. The Balaban J connectivity index is 0.987. The average Bonchev–Trinajstić information content (AvgIpc) is 1.32. The number of nitrogens with zero attached hydrogens (tertiary/aromatic N) is 4. The molecule has 2 aromatic heterocycles. The van der Waals surface area contributed by atoms with Crippen molar-refractivity contribution in [3.05, 3.63) is 102 Å². The summed E-state index contributed by atoms with van der Waals surface area (Å²) >= 11 is 0.175. The fraction of sp³-hybridized carbons (Fsp3) is 0.492. The standard InChI is InChI=1S/C63H73F4N9O15S3/c1-33(2)50(76-51(80)37-21-35(38-27-70-56(71-28-38)93(8,86)87)20-36(22-37)39-29-72-57(73-30-39)94(9,88)89)53(82)75-46(12-10-11-19-68-58(85)91-59(3,4)5)52(81)69-31-49(79)74-47-23-34(13-14-44(47)65)54(83)90-62(55(84)92-32-64)18-16-41-42-25-45(66)43-24-40(77)15-17-60(43,6)63(42,67)48(78)26-61(41,62)7/h13-15,17,20-24,27-30,33,41-42,45-46,48,50,78H,10-12,16,18-19,25-26,31-32H2,1-9H3,(H,68,85)(H,69,81)(H,74,79)(H,75,82)(H,76,80)/t41-,42-,45-,46-,48-,50-,60-,61-,62-,63-/m0/s1. The van der Waals surface area contributed by atoms with Gasteiger partial charge in [0.05, 0.1) is 23.9 Å². The van der Waals surface area contributed by atoms with Gasteiger partial charge in [0.1, 0.15) is 35.7 Å². The minimum atomic E-state index is -3.81. The highest BCUT2D eigenvalue weighted by molar-refractivity contribution is 8.13. The third-order valence-electron chi connectivity index (χ3n) is 17.7. The Morgan fingerprint density at radius 2 is 1.43 bits per heavy atom. The molecule has 94 heavy (non-hydrogen) atoms. The summed E-state index contributed by atoms with van der Waals surface area (Å²) in [7, 11) is -7.63. The summed E-state index contributed by atoms with van der Waals surface area (Å²) in [4.78, 5) is 125. The molecule has 3 fully saturated rings. The Morgan fingerprint density at radius 1 is 0.819 bits per heavy atom. The molecule has 3 saturated carbocycles. The summed E-state index contributed by atoms with van der Waals surface area (Å²) in [5.41, 5.74) is -9.25. The number of carbonyl (C=O) groups excluding carboxylic acids is 8. The second-order valence-electron chi connectivity index (χ2n) is 25.6. The zero-order chi connectivity index (χ0) is 69.3. The molecule has 0 saturated heterocycles. The summed E-state index contributed by atoms with van der Waals surface area (Å²) < 4.78 is 124. The van der Waals surface area contributed by atoms with Gasteiger partial charge in [0.2, 0.25) is 52.8 Å². The van der Waals surface area contributed by atoms with Crippen molar-refractivity contribution in [2.75, 3.05) is 36.9 Å². The fourth-order valence-corrected chi connectivity index (χ4v) is 14.7. The second kappa shape index (κ2) is 27.7. The van der Waals surface area contributed by atoms with E-state index in [1.54, 1.807) is 40.7 Å². The van der Waals surface area contributed by atoms with Crippen LogP contribution in [0.5, 0.6) is 0 Å². The number of alkyl carbamates (subject to hydrolysis) is 1. The first kappa shape index (κ1) is 71.8. The minimum absolute atomic E-state index is 0.0353. The normalized spacial score (nSPS) is 24.7. The van der Waals surface area contributed by atoms with E-state index in [4.69, 9.17) is 9.47 Å². The van der Waals surface area contributed by atoms with E-state index in [2.05, 4.69) is 46.5 Å². The average molecular weight is 1370 g/mol. The zero-order valence-electron chi connectivity index (χ0n) is 52.8. The summed E-state index contributed by atoms with van der Waals surface area (Å²) in [6.07, 6.45) is 4.53.